The predicted octanol–water partition coefficient (Wildman–Crippen LogP) is 2.15. The fraction of sp³-hybridized carbons (Fsp3) is 0.300. The summed E-state index contributed by atoms with van der Waals surface area (Å²) < 4.78 is 13.4. The third-order valence-corrected chi connectivity index (χ3v) is 2.89. The van der Waals surface area contributed by atoms with Gasteiger partial charge in [-0.05, 0) is 34.5 Å². The first-order valence-electron chi connectivity index (χ1n) is 4.41. The number of nitrogens with one attached hydrogen (secondary N) is 1. The number of benzene rings is 1. The van der Waals surface area contributed by atoms with E-state index in [0.29, 0.717) is 16.6 Å². The first-order valence-corrected chi connectivity index (χ1v) is 5.20. The van der Waals surface area contributed by atoms with E-state index in [4.69, 9.17) is 5.11 Å². The number of hydrogen-bond donors (Lipinski definition) is 2. The van der Waals surface area contributed by atoms with Crippen LogP contribution in [0.2, 0.25) is 0 Å². The highest BCUT2D eigenvalue weighted by Crippen LogP contribution is 2.20. The number of rotatable bonds is 4. The zero-order chi connectivity index (χ0) is 11.4. The summed E-state index contributed by atoms with van der Waals surface area (Å²) in [5, 5.41) is 11.4. The topological polar surface area (TPSA) is 49.3 Å². The molecule has 82 valence electrons. The summed E-state index contributed by atoms with van der Waals surface area (Å²) in [6.45, 7) is 1.85. The van der Waals surface area contributed by atoms with Crippen molar-refractivity contribution in [1.82, 2.24) is 5.32 Å². The van der Waals surface area contributed by atoms with Gasteiger partial charge in [0.2, 0.25) is 0 Å². The van der Waals surface area contributed by atoms with Gasteiger partial charge in [-0.2, -0.15) is 0 Å². The van der Waals surface area contributed by atoms with Crippen molar-refractivity contribution >= 4 is 21.9 Å². The van der Waals surface area contributed by atoms with Crippen LogP contribution in [0.5, 0.6) is 0 Å². The molecule has 0 bridgehead atoms. The van der Waals surface area contributed by atoms with Crippen molar-refractivity contribution in [3.63, 3.8) is 0 Å². The van der Waals surface area contributed by atoms with Crippen molar-refractivity contribution in [3.05, 3.63) is 34.1 Å². The summed E-state index contributed by atoms with van der Waals surface area (Å²) in [5.74, 6) is -1.28. The highest BCUT2D eigenvalue weighted by molar-refractivity contribution is 9.10. The Balaban J connectivity index is 2.66. The Kier molecular flexibility index (Phi) is 4.23. The molecule has 2 N–H and O–H groups in total. The second-order valence-corrected chi connectivity index (χ2v) is 3.95. The predicted molar refractivity (Wildman–Crippen MR) is 58.0 cm³/mol. The Labute approximate surface area is 95.4 Å². The maximum Gasteiger partial charge on any atom is 0.320 e. The average molecular weight is 276 g/mol. The van der Waals surface area contributed by atoms with Gasteiger partial charge in [-0.3, -0.25) is 4.79 Å². The molecule has 0 aliphatic heterocycles. The van der Waals surface area contributed by atoms with Crippen molar-refractivity contribution < 1.29 is 14.3 Å². The lowest BCUT2D eigenvalue weighted by Crippen LogP contribution is -2.33. The molecule has 1 aromatic rings. The molecule has 1 rings (SSSR count). The van der Waals surface area contributed by atoms with Crippen LogP contribution < -0.4 is 5.32 Å². The molecule has 0 aliphatic rings. The molecular formula is C10H11BrFNO2. The maximum atomic E-state index is 13.1. The SMILES string of the molecule is C[C@H](NCc1cccc(F)c1Br)C(=O)O. The number of hydrogen-bond acceptors (Lipinski definition) is 2. The second kappa shape index (κ2) is 5.23. The molecule has 0 unspecified atom stereocenters. The van der Waals surface area contributed by atoms with Crippen LogP contribution in [0.25, 0.3) is 0 Å². The van der Waals surface area contributed by atoms with Crippen LogP contribution in [0.3, 0.4) is 0 Å². The summed E-state index contributed by atoms with van der Waals surface area (Å²) in [5.41, 5.74) is 0.697. The van der Waals surface area contributed by atoms with Crippen LogP contribution in [-0.4, -0.2) is 17.1 Å². The second-order valence-electron chi connectivity index (χ2n) is 3.15. The van der Waals surface area contributed by atoms with Crippen LogP contribution in [0.15, 0.2) is 22.7 Å². The van der Waals surface area contributed by atoms with Crippen molar-refractivity contribution in [3.8, 4) is 0 Å². The van der Waals surface area contributed by atoms with Gasteiger partial charge in [-0.1, -0.05) is 12.1 Å². The van der Waals surface area contributed by atoms with Crippen LogP contribution in [0.1, 0.15) is 12.5 Å². The largest absolute Gasteiger partial charge is 0.480 e. The molecule has 0 spiro atoms. The molecule has 1 aromatic carbocycles. The summed E-state index contributed by atoms with van der Waals surface area (Å²) in [7, 11) is 0. The maximum absolute atomic E-state index is 13.1. The molecule has 5 heteroatoms. The van der Waals surface area contributed by atoms with Gasteiger partial charge in [0.25, 0.3) is 0 Å². The molecule has 0 aromatic heterocycles. The quantitative estimate of drug-likeness (QED) is 0.885. The average Bonchev–Trinajstić information content (AvgIpc) is 2.19. The van der Waals surface area contributed by atoms with E-state index in [1.807, 2.05) is 0 Å². The third kappa shape index (κ3) is 3.28. The molecule has 0 saturated carbocycles. The molecule has 15 heavy (non-hydrogen) atoms. The van der Waals surface area contributed by atoms with Gasteiger partial charge in [0, 0.05) is 6.54 Å². The van der Waals surface area contributed by atoms with Crippen molar-refractivity contribution in [2.24, 2.45) is 0 Å². The van der Waals surface area contributed by atoms with E-state index < -0.39 is 12.0 Å². The normalized spacial score (nSPS) is 12.5. The van der Waals surface area contributed by atoms with E-state index in [-0.39, 0.29) is 5.82 Å². The first kappa shape index (κ1) is 12.1. The zero-order valence-corrected chi connectivity index (χ0v) is 9.71. The lowest BCUT2D eigenvalue weighted by atomic mass is 10.2. The van der Waals surface area contributed by atoms with E-state index in [1.54, 1.807) is 12.1 Å². The number of carboxylic acids is 1. The van der Waals surface area contributed by atoms with Crippen LogP contribution in [-0.2, 0) is 11.3 Å². The van der Waals surface area contributed by atoms with E-state index in [9.17, 15) is 9.18 Å². The van der Waals surface area contributed by atoms with Gasteiger partial charge in [-0.15, -0.1) is 0 Å². The van der Waals surface area contributed by atoms with E-state index in [0.717, 1.165) is 0 Å². The van der Waals surface area contributed by atoms with E-state index >= 15 is 0 Å². The van der Waals surface area contributed by atoms with Crippen LogP contribution >= 0.6 is 15.9 Å². The van der Waals surface area contributed by atoms with E-state index in [1.165, 1.54) is 13.0 Å². The first-order chi connectivity index (χ1) is 7.02. The zero-order valence-electron chi connectivity index (χ0n) is 8.13. The highest BCUT2D eigenvalue weighted by atomic mass is 79.9. The van der Waals surface area contributed by atoms with E-state index in [2.05, 4.69) is 21.2 Å². The minimum absolute atomic E-state index is 0.311. The number of carboxylic acid groups (broad SMARTS) is 1. The Hall–Kier alpha value is -0.940. The van der Waals surface area contributed by atoms with Crippen molar-refractivity contribution in [2.45, 2.75) is 19.5 Å². The smallest absolute Gasteiger partial charge is 0.320 e. The molecule has 0 saturated heterocycles. The van der Waals surface area contributed by atoms with Crippen molar-refractivity contribution in [1.29, 1.82) is 0 Å². The molecule has 0 aliphatic carbocycles. The standard InChI is InChI=1S/C10H11BrFNO2/c1-6(10(14)15)13-5-7-3-2-4-8(12)9(7)11/h2-4,6,13H,5H2,1H3,(H,14,15)/t6-/m0/s1. The van der Waals surface area contributed by atoms with Gasteiger partial charge in [-0.25, -0.2) is 4.39 Å². The molecule has 3 nitrogen and oxygen atoms in total. The summed E-state index contributed by atoms with van der Waals surface area (Å²) in [4.78, 5) is 10.5. The lowest BCUT2D eigenvalue weighted by Gasteiger charge is -2.10. The van der Waals surface area contributed by atoms with Gasteiger partial charge in [0.1, 0.15) is 11.9 Å². The monoisotopic (exact) mass is 275 g/mol. The summed E-state index contributed by atoms with van der Waals surface area (Å²) in [6.07, 6.45) is 0. The number of halogens is 2. The fourth-order valence-corrected chi connectivity index (χ4v) is 1.44. The Morgan fingerprint density at radius 1 is 1.67 bits per heavy atom. The van der Waals surface area contributed by atoms with Gasteiger partial charge < -0.3 is 10.4 Å². The minimum Gasteiger partial charge on any atom is -0.480 e. The van der Waals surface area contributed by atoms with Gasteiger partial charge >= 0.3 is 5.97 Å². The highest BCUT2D eigenvalue weighted by Gasteiger charge is 2.11. The number of carbonyl (C=O) groups is 1. The van der Waals surface area contributed by atoms with Crippen molar-refractivity contribution in [2.75, 3.05) is 0 Å². The summed E-state index contributed by atoms with van der Waals surface area (Å²) in [6, 6.07) is 4.01. The van der Waals surface area contributed by atoms with Gasteiger partial charge in [0.05, 0.1) is 4.47 Å². The fourth-order valence-electron chi connectivity index (χ4n) is 1.04. The summed E-state index contributed by atoms with van der Waals surface area (Å²) >= 11 is 3.10. The molecule has 0 amide bonds. The molecule has 0 radical (unpaired) electrons. The Bertz CT molecular complexity index is 370. The van der Waals surface area contributed by atoms with Crippen LogP contribution in [0.4, 0.5) is 4.39 Å². The Morgan fingerprint density at radius 3 is 2.93 bits per heavy atom. The minimum atomic E-state index is -0.928. The molecular weight excluding hydrogens is 265 g/mol. The molecule has 0 fully saturated rings. The molecule has 1 atom stereocenters. The molecule has 0 heterocycles. The van der Waals surface area contributed by atoms with Crippen LogP contribution in [0, 0.1) is 5.82 Å². The van der Waals surface area contributed by atoms with Gasteiger partial charge in [0.15, 0.2) is 0 Å². The third-order valence-electron chi connectivity index (χ3n) is 2.00. The number of aliphatic carboxylic acids is 1. The Morgan fingerprint density at radius 2 is 2.33 bits per heavy atom. The lowest BCUT2D eigenvalue weighted by molar-refractivity contribution is -0.139.